The van der Waals surface area contributed by atoms with Gasteiger partial charge >= 0.3 is 18.1 Å². The summed E-state index contributed by atoms with van der Waals surface area (Å²) < 4.78 is 7.78. The number of hydrogen-bond donors (Lipinski definition) is 3. The van der Waals surface area contributed by atoms with Crippen LogP contribution in [0.1, 0.15) is 86.0 Å². The minimum atomic E-state index is -0.670. The number of carbonyl (C=O) groups is 2. The number of amides is 4. The third kappa shape index (κ3) is 13.4. The van der Waals surface area contributed by atoms with Crippen molar-refractivity contribution >= 4 is 30.0 Å². The number of amidine groups is 1. The van der Waals surface area contributed by atoms with Crippen LogP contribution in [0.5, 0.6) is 0 Å². The summed E-state index contributed by atoms with van der Waals surface area (Å²) in [6.07, 6.45) is 8.32. The number of imide groups is 1. The summed E-state index contributed by atoms with van der Waals surface area (Å²) in [4.78, 5) is 25.5. The average Bonchev–Trinajstić information content (AvgIpc) is 2.59. The van der Waals surface area contributed by atoms with Crippen LogP contribution >= 0.6 is 11.9 Å². The minimum absolute atomic E-state index is 0.207. The first-order valence-electron chi connectivity index (χ1n) is 10.00. The number of urea groups is 2. The second-order valence-corrected chi connectivity index (χ2v) is 9.10. The fraction of sp³-hybridized carbons (Fsp3) is 0.842. The van der Waals surface area contributed by atoms with Crippen LogP contribution in [0.4, 0.5) is 9.59 Å². The molecule has 0 fully saturated rings. The van der Waals surface area contributed by atoms with E-state index in [-0.39, 0.29) is 4.75 Å². The number of unbranched alkanes of at least 4 members (excludes halogenated alkanes) is 6. The van der Waals surface area contributed by atoms with Gasteiger partial charge < -0.3 is 10.1 Å². The number of carbonyl (C=O) groups excluding carboxylic acids is 2. The molecule has 0 aliphatic heterocycles. The lowest BCUT2D eigenvalue weighted by atomic mass is 10.1. The van der Waals surface area contributed by atoms with Gasteiger partial charge in [0.25, 0.3) is 0 Å². The van der Waals surface area contributed by atoms with Crippen LogP contribution in [-0.2, 0) is 4.74 Å². The zero-order valence-corrected chi connectivity index (χ0v) is 18.5. The van der Waals surface area contributed by atoms with Gasteiger partial charge in [-0.3, -0.25) is 10.1 Å². The highest BCUT2D eigenvalue weighted by molar-refractivity contribution is 7.99. The fourth-order valence-corrected chi connectivity index (χ4v) is 2.57. The SMILES string of the molecule is CCCCCCCCOC(=N)N(C(=O)NCCCC)C(=O)NSC(C)(C)C. The molecule has 0 aromatic carbocycles. The normalized spacial score (nSPS) is 11.0. The van der Waals surface area contributed by atoms with Crippen LogP contribution in [0, 0.1) is 5.41 Å². The highest BCUT2D eigenvalue weighted by Gasteiger charge is 2.28. The second kappa shape index (κ2) is 14.6. The number of nitrogens with zero attached hydrogens (tertiary/aromatic N) is 1. The van der Waals surface area contributed by atoms with Crippen molar-refractivity contribution in [3.63, 3.8) is 0 Å². The van der Waals surface area contributed by atoms with E-state index in [0.29, 0.717) is 13.2 Å². The molecule has 0 unspecified atom stereocenters. The van der Waals surface area contributed by atoms with E-state index in [9.17, 15) is 9.59 Å². The van der Waals surface area contributed by atoms with E-state index in [4.69, 9.17) is 10.1 Å². The molecule has 0 heterocycles. The summed E-state index contributed by atoms with van der Waals surface area (Å²) in [6, 6.07) is -1.75. The molecule has 0 aromatic heterocycles. The molecule has 0 atom stereocenters. The lowest BCUT2D eigenvalue weighted by Crippen LogP contribution is -2.51. The van der Waals surface area contributed by atoms with Crippen molar-refractivity contribution in [3.05, 3.63) is 0 Å². The summed E-state index contributed by atoms with van der Waals surface area (Å²) in [7, 11) is 0. The van der Waals surface area contributed by atoms with E-state index in [1.807, 2.05) is 27.7 Å². The molecule has 8 heteroatoms. The van der Waals surface area contributed by atoms with Crippen molar-refractivity contribution in [2.24, 2.45) is 0 Å². The molecule has 0 aromatic rings. The van der Waals surface area contributed by atoms with Crippen LogP contribution in [-0.4, -0.2) is 40.9 Å². The first-order valence-corrected chi connectivity index (χ1v) is 10.8. The van der Waals surface area contributed by atoms with Crippen LogP contribution in [0.15, 0.2) is 0 Å². The fourth-order valence-electron chi connectivity index (χ4n) is 2.09. The van der Waals surface area contributed by atoms with Gasteiger partial charge in [0.2, 0.25) is 0 Å². The third-order valence-electron chi connectivity index (χ3n) is 3.60. The predicted molar refractivity (Wildman–Crippen MR) is 113 cm³/mol. The Morgan fingerprint density at radius 3 is 2.15 bits per heavy atom. The van der Waals surface area contributed by atoms with E-state index < -0.39 is 18.1 Å². The Hall–Kier alpha value is -1.44. The molecule has 27 heavy (non-hydrogen) atoms. The van der Waals surface area contributed by atoms with Crippen LogP contribution in [0.3, 0.4) is 0 Å². The largest absolute Gasteiger partial charge is 0.465 e. The zero-order chi connectivity index (χ0) is 20.7. The Morgan fingerprint density at radius 1 is 0.963 bits per heavy atom. The Bertz CT molecular complexity index is 453. The average molecular weight is 403 g/mol. The maximum atomic E-state index is 12.4. The maximum absolute atomic E-state index is 12.4. The van der Waals surface area contributed by atoms with Crippen molar-refractivity contribution in [2.75, 3.05) is 13.2 Å². The number of ether oxygens (including phenoxy) is 1. The van der Waals surface area contributed by atoms with Gasteiger partial charge in [-0.05, 0) is 45.6 Å². The lowest BCUT2D eigenvalue weighted by Gasteiger charge is -2.24. The molecule has 0 bridgehead atoms. The highest BCUT2D eigenvalue weighted by atomic mass is 32.2. The summed E-state index contributed by atoms with van der Waals surface area (Å²) in [5.41, 5.74) is 0. The monoisotopic (exact) mass is 402 g/mol. The molecule has 4 amide bonds. The van der Waals surface area contributed by atoms with Gasteiger partial charge in [-0.1, -0.05) is 52.4 Å². The van der Waals surface area contributed by atoms with Gasteiger partial charge in [0.15, 0.2) is 0 Å². The summed E-state index contributed by atoms with van der Waals surface area (Å²) in [5.74, 6) is 0. The Kier molecular flexibility index (Phi) is 13.8. The van der Waals surface area contributed by atoms with Gasteiger partial charge in [0.05, 0.1) is 6.61 Å². The Balaban J connectivity index is 4.59. The summed E-state index contributed by atoms with van der Waals surface area (Å²) in [6.45, 7) is 10.8. The molecule has 3 N–H and O–H groups in total. The molecule has 0 spiro atoms. The molecule has 158 valence electrons. The number of rotatable bonds is 11. The third-order valence-corrected chi connectivity index (χ3v) is 4.49. The molecule has 0 radical (unpaired) electrons. The topological polar surface area (TPSA) is 94.5 Å². The molecule has 0 aliphatic rings. The Labute approximate surface area is 169 Å². The lowest BCUT2D eigenvalue weighted by molar-refractivity contribution is 0.188. The van der Waals surface area contributed by atoms with E-state index >= 15 is 0 Å². The van der Waals surface area contributed by atoms with Crippen molar-refractivity contribution < 1.29 is 14.3 Å². The van der Waals surface area contributed by atoms with Crippen LogP contribution in [0.25, 0.3) is 0 Å². The maximum Gasteiger partial charge on any atom is 0.343 e. The van der Waals surface area contributed by atoms with Gasteiger partial charge in [-0.15, -0.1) is 0 Å². The molecule has 0 aliphatic carbocycles. The summed E-state index contributed by atoms with van der Waals surface area (Å²) >= 11 is 1.20. The van der Waals surface area contributed by atoms with E-state index in [1.165, 1.54) is 31.2 Å². The van der Waals surface area contributed by atoms with E-state index in [1.54, 1.807) is 0 Å². The molecular weight excluding hydrogens is 364 g/mol. The molecule has 0 saturated carbocycles. The van der Waals surface area contributed by atoms with Crippen molar-refractivity contribution in [3.8, 4) is 0 Å². The van der Waals surface area contributed by atoms with Gasteiger partial charge in [0, 0.05) is 11.3 Å². The van der Waals surface area contributed by atoms with E-state index in [2.05, 4.69) is 17.0 Å². The van der Waals surface area contributed by atoms with Gasteiger partial charge in [-0.2, -0.15) is 4.90 Å². The quantitative estimate of drug-likeness (QED) is 0.190. The predicted octanol–water partition coefficient (Wildman–Crippen LogP) is 5.27. The standard InChI is InChI=1S/C19H38N4O3S/c1-6-8-10-11-12-13-15-26-16(20)23(17(24)21-14-9-7-2)18(25)22-27-19(3,4)5/h20H,6-15H2,1-5H3,(H,21,24)(H,22,25). The Morgan fingerprint density at radius 2 is 1.56 bits per heavy atom. The minimum Gasteiger partial charge on any atom is -0.465 e. The van der Waals surface area contributed by atoms with Crippen molar-refractivity contribution in [2.45, 2.75) is 90.7 Å². The number of nitrogens with one attached hydrogen (secondary N) is 3. The number of hydrogen-bond acceptors (Lipinski definition) is 5. The first kappa shape index (κ1) is 25.6. The van der Waals surface area contributed by atoms with Gasteiger partial charge in [-0.25, -0.2) is 9.59 Å². The van der Waals surface area contributed by atoms with Crippen LogP contribution in [0.2, 0.25) is 0 Å². The zero-order valence-electron chi connectivity index (χ0n) is 17.7. The molecule has 7 nitrogen and oxygen atoms in total. The van der Waals surface area contributed by atoms with Gasteiger partial charge in [0.1, 0.15) is 0 Å². The second-order valence-electron chi connectivity index (χ2n) is 7.46. The molecule has 0 rings (SSSR count). The van der Waals surface area contributed by atoms with Crippen LogP contribution < -0.4 is 10.0 Å². The smallest absolute Gasteiger partial charge is 0.343 e. The van der Waals surface area contributed by atoms with E-state index in [0.717, 1.165) is 37.0 Å². The van der Waals surface area contributed by atoms with Crippen molar-refractivity contribution in [1.82, 2.24) is 14.9 Å². The molecular formula is C19H38N4O3S. The molecule has 0 saturated heterocycles. The highest BCUT2D eigenvalue weighted by Crippen LogP contribution is 2.19. The van der Waals surface area contributed by atoms with Crippen molar-refractivity contribution in [1.29, 1.82) is 5.41 Å². The first-order chi connectivity index (χ1) is 12.7. The summed E-state index contributed by atoms with van der Waals surface area (Å²) in [5, 5.41) is 10.7.